The molecule has 4 aliphatic carbocycles. The second-order valence-corrected chi connectivity index (χ2v) is 9.27. The third-order valence-corrected chi connectivity index (χ3v) is 6.94. The van der Waals surface area contributed by atoms with Gasteiger partial charge in [0.2, 0.25) is 0 Å². The Kier molecular flexibility index (Phi) is 6.03. The highest BCUT2D eigenvalue weighted by Gasteiger charge is 2.51. The molecule has 0 aromatic heterocycles. The van der Waals surface area contributed by atoms with E-state index in [0.29, 0.717) is 17.9 Å². The highest BCUT2D eigenvalue weighted by atomic mass is 16.5. The summed E-state index contributed by atoms with van der Waals surface area (Å²) in [5.74, 6) is 0.731. The minimum atomic E-state index is -0.704. The predicted molar refractivity (Wildman–Crippen MR) is 113 cm³/mol. The third-order valence-electron chi connectivity index (χ3n) is 6.94. The number of anilines is 1. The molecule has 0 aliphatic heterocycles. The van der Waals surface area contributed by atoms with Gasteiger partial charge in [-0.25, -0.2) is 14.4 Å². The fraction of sp³-hybridized carbons (Fsp3) is 0.542. The van der Waals surface area contributed by atoms with Crippen molar-refractivity contribution in [2.24, 2.45) is 23.2 Å². The van der Waals surface area contributed by atoms with Crippen LogP contribution in [-0.2, 0) is 23.8 Å². The highest BCUT2D eigenvalue weighted by molar-refractivity contribution is 5.98. The van der Waals surface area contributed by atoms with E-state index in [0.717, 1.165) is 23.8 Å². The molecule has 0 unspecified atom stereocenters. The Morgan fingerprint density at radius 2 is 1.55 bits per heavy atom. The normalized spacial score (nSPS) is 28.7. The fourth-order valence-corrected chi connectivity index (χ4v) is 6.05. The number of benzene rings is 1. The van der Waals surface area contributed by atoms with Crippen molar-refractivity contribution >= 4 is 23.6 Å². The summed E-state index contributed by atoms with van der Waals surface area (Å²) in [4.78, 5) is 35.9. The minimum Gasteiger partial charge on any atom is -0.466 e. The molecule has 1 N–H and O–H groups in total. The summed E-state index contributed by atoms with van der Waals surface area (Å²) >= 11 is 0. The summed E-state index contributed by atoms with van der Waals surface area (Å²) in [5, 5.41) is 2.82. The van der Waals surface area contributed by atoms with E-state index in [9.17, 15) is 14.4 Å². The fourth-order valence-electron chi connectivity index (χ4n) is 6.05. The molecule has 5 rings (SSSR count). The van der Waals surface area contributed by atoms with Gasteiger partial charge in [0.05, 0.1) is 32.5 Å². The molecule has 0 spiro atoms. The molecule has 1 aromatic carbocycles. The van der Waals surface area contributed by atoms with E-state index in [4.69, 9.17) is 4.74 Å². The van der Waals surface area contributed by atoms with Crippen LogP contribution in [0.3, 0.4) is 0 Å². The number of ether oxygens (including phenoxy) is 3. The van der Waals surface area contributed by atoms with Crippen LogP contribution < -0.4 is 5.32 Å². The van der Waals surface area contributed by atoms with E-state index < -0.39 is 11.9 Å². The summed E-state index contributed by atoms with van der Waals surface area (Å²) in [7, 11) is 2.44. The van der Waals surface area contributed by atoms with Crippen molar-refractivity contribution in [3.05, 3.63) is 41.6 Å². The van der Waals surface area contributed by atoms with Crippen LogP contribution in [0.15, 0.2) is 36.0 Å². The Labute approximate surface area is 182 Å². The summed E-state index contributed by atoms with van der Waals surface area (Å²) in [6.07, 6.45) is 8.67. The molecule has 0 saturated heterocycles. The monoisotopic (exact) mass is 427 g/mol. The maximum absolute atomic E-state index is 12.6. The van der Waals surface area contributed by atoms with E-state index in [1.165, 1.54) is 52.7 Å². The molecule has 0 heterocycles. The Morgan fingerprint density at radius 3 is 2.06 bits per heavy atom. The first kappa shape index (κ1) is 21.4. The van der Waals surface area contributed by atoms with Gasteiger partial charge in [0.25, 0.3) is 0 Å². The van der Waals surface area contributed by atoms with E-state index in [1.807, 2.05) is 0 Å². The minimum absolute atomic E-state index is 0.0634. The van der Waals surface area contributed by atoms with Crippen LogP contribution in [-0.4, -0.2) is 38.7 Å². The predicted octanol–water partition coefficient (Wildman–Crippen LogP) is 3.70. The number of carbonyl (C=O) groups excluding carboxylic acids is 3. The molecule has 0 atom stereocenters. The van der Waals surface area contributed by atoms with Gasteiger partial charge in [-0.1, -0.05) is 0 Å². The van der Waals surface area contributed by atoms with E-state index >= 15 is 0 Å². The zero-order valence-electron chi connectivity index (χ0n) is 18.0. The Hall–Kier alpha value is -2.83. The van der Waals surface area contributed by atoms with Gasteiger partial charge in [-0.15, -0.1) is 0 Å². The van der Waals surface area contributed by atoms with Crippen molar-refractivity contribution in [2.45, 2.75) is 38.5 Å². The molecule has 166 valence electrons. The molecule has 31 heavy (non-hydrogen) atoms. The summed E-state index contributed by atoms with van der Waals surface area (Å²) in [5.41, 5.74) is 1.09. The van der Waals surface area contributed by atoms with Gasteiger partial charge >= 0.3 is 17.9 Å². The van der Waals surface area contributed by atoms with Crippen LogP contribution in [0, 0.1) is 23.2 Å². The summed E-state index contributed by atoms with van der Waals surface area (Å²) in [6.45, 7) is 0.504. The van der Waals surface area contributed by atoms with Crippen LogP contribution >= 0.6 is 0 Å². The number of hydrogen-bond acceptors (Lipinski definition) is 7. The molecule has 1 aromatic rings. The number of methoxy groups -OCH3 is 2. The second-order valence-electron chi connectivity index (χ2n) is 9.27. The summed E-state index contributed by atoms with van der Waals surface area (Å²) in [6, 6.07) is 6.57. The standard InChI is InChI=1S/C24H29NO6/c1-29-21(26)10-20(23(28)30-2)25-19-5-3-18(4-6-19)22(27)31-14-24-11-15-7-16(12-24)9-17(8-15)13-24/h3-6,10,15-17,25H,7-9,11-14H2,1-2H3/b20-10+. The van der Waals surface area contributed by atoms with Gasteiger partial charge in [-0.2, -0.15) is 0 Å². The Bertz CT molecular complexity index is 853. The number of nitrogens with one attached hydrogen (secondary N) is 1. The zero-order chi connectivity index (χ0) is 22.0. The van der Waals surface area contributed by atoms with Crippen molar-refractivity contribution in [1.82, 2.24) is 0 Å². The number of rotatable bonds is 7. The van der Waals surface area contributed by atoms with Crippen LogP contribution in [0.1, 0.15) is 48.9 Å². The van der Waals surface area contributed by atoms with Gasteiger partial charge in [-0.3, -0.25) is 0 Å². The number of esters is 3. The number of carbonyl (C=O) groups is 3. The highest BCUT2D eigenvalue weighted by Crippen LogP contribution is 2.60. The summed E-state index contributed by atoms with van der Waals surface area (Å²) < 4.78 is 15.0. The van der Waals surface area contributed by atoms with Crippen molar-refractivity contribution in [2.75, 3.05) is 26.1 Å². The second kappa shape index (κ2) is 8.73. The molecular formula is C24H29NO6. The number of hydrogen-bond donors (Lipinski definition) is 1. The van der Waals surface area contributed by atoms with Gasteiger partial charge in [-0.05, 0) is 80.5 Å². The van der Waals surface area contributed by atoms with Gasteiger partial charge < -0.3 is 19.5 Å². The molecule has 4 aliphatic rings. The average molecular weight is 427 g/mol. The first-order chi connectivity index (χ1) is 14.9. The first-order valence-electron chi connectivity index (χ1n) is 10.8. The first-order valence-corrected chi connectivity index (χ1v) is 10.8. The Balaban J connectivity index is 1.36. The topological polar surface area (TPSA) is 90.9 Å². The van der Waals surface area contributed by atoms with Gasteiger partial charge in [0, 0.05) is 11.1 Å². The van der Waals surface area contributed by atoms with Crippen molar-refractivity contribution in [3.8, 4) is 0 Å². The molecule has 7 heteroatoms. The van der Waals surface area contributed by atoms with Crippen molar-refractivity contribution < 1.29 is 28.6 Å². The van der Waals surface area contributed by atoms with Crippen LogP contribution in [0.5, 0.6) is 0 Å². The average Bonchev–Trinajstić information content (AvgIpc) is 2.76. The zero-order valence-corrected chi connectivity index (χ0v) is 18.0. The molecule has 4 bridgehead atoms. The molecular weight excluding hydrogens is 398 g/mol. The maximum atomic E-state index is 12.6. The van der Waals surface area contributed by atoms with E-state index in [2.05, 4.69) is 14.8 Å². The molecule has 0 radical (unpaired) electrons. The Morgan fingerprint density at radius 1 is 0.968 bits per heavy atom. The lowest BCUT2D eigenvalue weighted by Crippen LogP contribution is -2.48. The van der Waals surface area contributed by atoms with E-state index in [-0.39, 0.29) is 17.1 Å². The van der Waals surface area contributed by atoms with Crippen molar-refractivity contribution in [1.29, 1.82) is 0 Å². The smallest absolute Gasteiger partial charge is 0.354 e. The van der Waals surface area contributed by atoms with Crippen LogP contribution in [0.2, 0.25) is 0 Å². The lowest BCUT2D eigenvalue weighted by molar-refractivity contribution is -0.138. The van der Waals surface area contributed by atoms with Gasteiger partial charge in [0.15, 0.2) is 0 Å². The van der Waals surface area contributed by atoms with Gasteiger partial charge in [0.1, 0.15) is 5.70 Å². The van der Waals surface area contributed by atoms with Crippen LogP contribution in [0.4, 0.5) is 5.69 Å². The molecule has 4 fully saturated rings. The quantitative estimate of drug-likeness (QED) is 0.403. The SMILES string of the molecule is COC(=O)/C=C(/Nc1ccc(C(=O)OCC23CC4CC(CC(C4)C2)C3)cc1)C(=O)OC. The largest absolute Gasteiger partial charge is 0.466 e. The maximum Gasteiger partial charge on any atom is 0.354 e. The lowest BCUT2D eigenvalue weighted by atomic mass is 9.50. The molecule has 4 saturated carbocycles. The van der Waals surface area contributed by atoms with Crippen molar-refractivity contribution in [3.63, 3.8) is 0 Å². The van der Waals surface area contributed by atoms with E-state index in [1.54, 1.807) is 24.3 Å². The van der Waals surface area contributed by atoms with Crippen LogP contribution in [0.25, 0.3) is 0 Å². The molecule has 0 amide bonds. The third kappa shape index (κ3) is 4.75. The molecule has 7 nitrogen and oxygen atoms in total. The lowest BCUT2D eigenvalue weighted by Gasteiger charge is -2.56.